The van der Waals surface area contributed by atoms with Gasteiger partial charge in [-0.1, -0.05) is 58.4 Å². The van der Waals surface area contributed by atoms with E-state index in [1.165, 1.54) is 4.31 Å². The monoisotopic (exact) mass is 643 g/mol. The minimum absolute atomic E-state index is 0.0510. The third-order valence-corrected chi connectivity index (χ3v) is 8.47. The summed E-state index contributed by atoms with van der Waals surface area (Å²) in [6.07, 6.45) is 1.78. The summed E-state index contributed by atoms with van der Waals surface area (Å²) >= 11 is 3.44. The van der Waals surface area contributed by atoms with Gasteiger partial charge in [-0.15, -0.1) is 0 Å². The average molecular weight is 645 g/mol. The van der Waals surface area contributed by atoms with E-state index in [1.54, 1.807) is 30.1 Å². The van der Waals surface area contributed by atoms with Crippen LogP contribution < -0.4 is 19.1 Å². The predicted molar refractivity (Wildman–Crippen MR) is 162 cm³/mol. The van der Waals surface area contributed by atoms with Crippen LogP contribution >= 0.6 is 15.9 Å². The van der Waals surface area contributed by atoms with Crippen molar-refractivity contribution in [3.8, 4) is 11.5 Å². The third kappa shape index (κ3) is 8.23. The predicted octanol–water partition coefficient (Wildman–Crippen LogP) is 4.15. The fourth-order valence-corrected chi connectivity index (χ4v) is 5.92. The van der Waals surface area contributed by atoms with Crippen molar-refractivity contribution >= 4 is 43.5 Å². The molecular weight excluding hydrogens is 610 g/mol. The first-order chi connectivity index (χ1) is 19.7. The van der Waals surface area contributed by atoms with E-state index in [0.29, 0.717) is 36.8 Å². The van der Waals surface area contributed by atoms with Crippen LogP contribution in [0.4, 0.5) is 5.69 Å². The van der Waals surface area contributed by atoms with E-state index in [1.807, 2.05) is 54.6 Å². The lowest BCUT2D eigenvalue weighted by Crippen LogP contribution is -2.49. The Kier molecular flexibility index (Phi) is 10.3. The maximum Gasteiger partial charge on any atom is 0.242 e. The zero-order valence-electron chi connectivity index (χ0n) is 23.1. The second kappa shape index (κ2) is 13.9. The number of ether oxygens (including phenoxy) is 2. The highest BCUT2D eigenvalue weighted by molar-refractivity contribution is 9.10. The number of likely N-dealkylation sites (N-methyl/N-ethyl adjacent to an activating group) is 1. The molecule has 1 N–H and O–H groups in total. The van der Waals surface area contributed by atoms with Crippen LogP contribution in [0.5, 0.6) is 11.5 Å². The summed E-state index contributed by atoms with van der Waals surface area (Å²) in [5, 5.41) is 2.71. The summed E-state index contributed by atoms with van der Waals surface area (Å²) in [5.41, 5.74) is 2.23. The molecule has 41 heavy (non-hydrogen) atoms. The quantitative estimate of drug-likeness (QED) is 0.318. The molecular formula is C30H34BrN3O6S. The molecule has 1 heterocycles. The Hall–Kier alpha value is -3.57. The van der Waals surface area contributed by atoms with Crippen LogP contribution in [0.3, 0.4) is 0 Å². The number of nitrogens with zero attached hydrogens (tertiary/aromatic N) is 2. The van der Waals surface area contributed by atoms with Gasteiger partial charge in [-0.05, 0) is 41.8 Å². The number of anilines is 1. The Morgan fingerprint density at radius 1 is 0.951 bits per heavy atom. The molecule has 0 bridgehead atoms. The molecule has 1 atom stereocenters. The maximum absolute atomic E-state index is 13.8. The van der Waals surface area contributed by atoms with E-state index in [4.69, 9.17) is 9.47 Å². The first kappa shape index (κ1) is 30.4. The number of hydrogen-bond donors (Lipinski definition) is 1. The van der Waals surface area contributed by atoms with Crippen molar-refractivity contribution in [3.05, 3.63) is 88.4 Å². The first-order valence-corrected chi connectivity index (χ1v) is 16.0. The van der Waals surface area contributed by atoms with Gasteiger partial charge in [0.15, 0.2) is 11.5 Å². The van der Waals surface area contributed by atoms with Gasteiger partial charge in [0.05, 0.1) is 11.9 Å². The van der Waals surface area contributed by atoms with Crippen molar-refractivity contribution in [2.24, 2.45) is 0 Å². The molecule has 4 rings (SSSR count). The summed E-state index contributed by atoms with van der Waals surface area (Å²) in [6, 6.07) is 21.4. The fourth-order valence-electron chi connectivity index (χ4n) is 4.70. The molecule has 1 aliphatic heterocycles. The second-order valence-electron chi connectivity index (χ2n) is 9.73. The third-order valence-electron chi connectivity index (χ3n) is 6.75. The molecule has 0 unspecified atom stereocenters. The van der Waals surface area contributed by atoms with Gasteiger partial charge in [-0.3, -0.25) is 13.9 Å². The number of fused-ring (bicyclic) bond motifs is 1. The summed E-state index contributed by atoms with van der Waals surface area (Å²) in [7, 11) is -2.09. The number of nitrogens with one attached hydrogen (secondary N) is 1. The van der Waals surface area contributed by atoms with Gasteiger partial charge in [0.25, 0.3) is 0 Å². The lowest BCUT2D eigenvalue weighted by molar-refractivity contribution is -0.141. The average Bonchev–Trinajstić information content (AvgIpc) is 2.97. The van der Waals surface area contributed by atoms with Crippen molar-refractivity contribution in [1.29, 1.82) is 0 Å². The van der Waals surface area contributed by atoms with Gasteiger partial charge in [0.1, 0.15) is 19.3 Å². The second-order valence-corrected chi connectivity index (χ2v) is 12.6. The minimum Gasteiger partial charge on any atom is -0.486 e. The van der Waals surface area contributed by atoms with Gasteiger partial charge < -0.3 is 19.7 Å². The van der Waals surface area contributed by atoms with E-state index in [0.717, 1.165) is 21.9 Å². The largest absolute Gasteiger partial charge is 0.486 e. The number of rotatable bonds is 12. The molecule has 0 fully saturated rings. The van der Waals surface area contributed by atoms with Gasteiger partial charge in [-0.2, -0.15) is 0 Å². The van der Waals surface area contributed by atoms with Crippen LogP contribution in [0.15, 0.2) is 77.3 Å². The number of carbonyl (C=O) groups is 2. The summed E-state index contributed by atoms with van der Waals surface area (Å²) in [4.78, 5) is 28.4. The number of hydrogen-bond acceptors (Lipinski definition) is 6. The molecule has 218 valence electrons. The van der Waals surface area contributed by atoms with Crippen molar-refractivity contribution in [2.75, 3.05) is 37.4 Å². The molecule has 0 spiro atoms. The number of sulfonamides is 1. The topological polar surface area (TPSA) is 105 Å². The molecule has 0 aliphatic carbocycles. The number of halogens is 1. The number of carbonyl (C=O) groups excluding carboxylic acids is 2. The van der Waals surface area contributed by atoms with Crippen molar-refractivity contribution in [1.82, 2.24) is 10.2 Å². The van der Waals surface area contributed by atoms with Gasteiger partial charge in [0, 0.05) is 43.5 Å². The number of amides is 2. The highest BCUT2D eigenvalue weighted by Gasteiger charge is 2.30. The SMILES string of the molecule is CNC(=O)[C@H](Cc1ccccc1)N(Cc1ccc(Br)cc1)C(=O)CCCN(c1ccc2c(c1)OCCO2)S(C)(=O)=O. The number of benzene rings is 3. The smallest absolute Gasteiger partial charge is 0.242 e. The van der Waals surface area contributed by atoms with Gasteiger partial charge >= 0.3 is 0 Å². The molecule has 0 radical (unpaired) electrons. The Labute approximate surface area is 249 Å². The van der Waals surface area contributed by atoms with E-state index in [9.17, 15) is 18.0 Å². The standard InChI is InChI=1S/C30H34BrN3O6S/c1-32-30(36)26(19-22-7-4-3-5-8-22)33(21-23-10-12-24(31)13-11-23)29(35)9-6-16-34(41(2,37)38)25-14-15-27-28(20-25)40-18-17-39-27/h3-5,7-8,10-15,20,26H,6,9,16-19,21H2,1-2H3,(H,32,36)/t26-/m0/s1. The summed E-state index contributed by atoms with van der Waals surface area (Å²) in [6.45, 7) is 1.13. The van der Waals surface area contributed by atoms with Gasteiger partial charge in [-0.25, -0.2) is 8.42 Å². The minimum atomic E-state index is -3.65. The van der Waals surface area contributed by atoms with Crippen LogP contribution in [0, 0.1) is 0 Å². The fraction of sp³-hybridized carbons (Fsp3) is 0.333. The molecule has 2 amide bonds. The summed E-state index contributed by atoms with van der Waals surface area (Å²) < 4.78 is 38.8. The van der Waals surface area contributed by atoms with Crippen LogP contribution in [0.1, 0.15) is 24.0 Å². The molecule has 0 saturated carbocycles. The van der Waals surface area contributed by atoms with Gasteiger partial charge in [0.2, 0.25) is 21.8 Å². The van der Waals surface area contributed by atoms with Crippen LogP contribution in [0.2, 0.25) is 0 Å². The zero-order valence-corrected chi connectivity index (χ0v) is 25.5. The molecule has 3 aromatic carbocycles. The van der Waals surface area contributed by atoms with E-state index in [2.05, 4.69) is 21.2 Å². The van der Waals surface area contributed by atoms with Crippen LogP contribution in [0.25, 0.3) is 0 Å². The molecule has 3 aromatic rings. The molecule has 0 aromatic heterocycles. The maximum atomic E-state index is 13.8. The zero-order chi connectivity index (χ0) is 29.4. The highest BCUT2D eigenvalue weighted by Crippen LogP contribution is 2.34. The first-order valence-electron chi connectivity index (χ1n) is 13.3. The van der Waals surface area contributed by atoms with Crippen LogP contribution in [-0.2, 0) is 32.6 Å². The normalized spacial score (nSPS) is 13.2. The Bertz CT molecular complexity index is 1450. The Morgan fingerprint density at radius 2 is 1.63 bits per heavy atom. The van der Waals surface area contributed by atoms with E-state index in [-0.39, 0.29) is 37.7 Å². The van der Waals surface area contributed by atoms with E-state index < -0.39 is 16.1 Å². The van der Waals surface area contributed by atoms with E-state index >= 15 is 0 Å². The van der Waals surface area contributed by atoms with Crippen LogP contribution in [-0.4, -0.2) is 64.2 Å². The molecule has 0 saturated heterocycles. The molecule has 1 aliphatic rings. The van der Waals surface area contributed by atoms with Crippen molar-refractivity contribution in [2.45, 2.75) is 31.8 Å². The highest BCUT2D eigenvalue weighted by atomic mass is 79.9. The van der Waals surface area contributed by atoms with Crippen molar-refractivity contribution < 1.29 is 27.5 Å². The van der Waals surface area contributed by atoms with Crippen molar-refractivity contribution in [3.63, 3.8) is 0 Å². The lowest BCUT2D eigenvalue weighted by Gasteiger charge is -2.31. The Morgan fingerprint density at radius 3 is 2.29 bits per heavy atom. The lowest BCUT2D eigenvalue weighted by atomic mass is 10.0. The molecule has 11 heteroatoms. The summed E-state index contributed by atoms with van der Waals surface area (Å²) in [5.74, 6) is 0.529. The molecule has 9 nitrogen and oxygen atoms in total. The Balaban J connectivity index is 1.54.